The molecule has 0 N–H and O–H groups in total. The van der Waals surface area contributed by atoms with Crippen molar-refractivity contribution in [2.75, 3.05) is 6.26 Å². The van der Waals surface area contributed by atoms with Crippen LogP contribution in [-0.4, -0.2) is 20.4 Å². The molecule has 0 spiro atoms. The summed E-state index contributed by atoms with van der Waals surface area (Å²) in [6.07, 6.45) is -0.695. The average Bonchev–Trinajstić information content (AvgIpc) is 3.24. The van der Waals surface area contributed by atoms with Gasteiger partial charge in [0.1, 0.15) is 0 Å². The van der Waals surface area contributed by atoms with Gasteiger partial charge in [-0.15, -0.1) is 11.3 Å². The molecule has 2 aromatic heterocycles. The van der Waals surface area contributed by atoms with Crippen LogP contribution in [0.15, 0.2) is 82.2 Å². The number of alkyl halides is 3. The Bertz CT molecular complexity index is 1410. The molecule has 4 rings (SSSR count). The van der Waals surface area contributed by atoms with Gasteiger partial charge < -0.3 is 0 Å². The van der Waals surface area contributed by atoms with Crippen LogP contribution in [0.3, 0.4) is 0 Å². The molecule has 0 radical (unpaired) electrons. The van der Waals surface area contributed by atoms with E-state index in [1.807, 2.05) is 13.0 Å². The minimum atomic E-state index is -4.44. The van der Waals surface area contributed by atoms with Gasteiger partial charge in [-0.3, -0.25) is 0 Å². The SMILES string of the molecule is CCc1nc(-c2cccc(C(F)(F)F)c2)c(-c2ccnc(N=S(C)(=O)c3ccccc3)c2)s1. The zero-order valence-corrected chi connectivity index (χ0v) is 19.5. The van der Waals surface area contributed by atoms with Crippen LogP contribution in [0.4, 0.5) is 19.0 Å². The van der Waals surface area contributed by atoms with E-state index >= 15 is 0 Å². The van der Waals surface area contributed by atoms with Crippen LogP contribution < -0.4 is 0 Å². The maximum Gasteiger partial charge on any atom is 0.416 e. The molecular weight excluding hydrogens is 467 g/mol. The van der Waals surface area contributed by atoms with Gasteiger partial charge in [-0.05, 0) is 48.4 Å². The highest BCUT2D eigenvalue weighted by molar-refractivity contribution is 7.93. The van der Waals surface area contributed by atoms with Crippen LogP contribution in [0, 0.1) is 0 Å². The van der Waals surface area contributed by atoms with Gasteiger partial charge in [-0.1, -0.05) is 37.3 Å². The molecule has 1 atom stereocenters. The maximum absolute atomic E-state index is 13.3. The van der Waals surface area contributed by atoms with Crippen LogP contribution >= 0.6 is 11.3 Å². The summed E-state index contributed by atoms with van der Waals surface area (Å²) in [5.74, 6) is 0.283. The summed E-state index contributed by atoms with van der Waals surface area (Å²) in [5, 5.41) is 0.802. The Balaban J connectivity index is 1.81. The Morgan fingerprint density at radius 3 is 2.45 bits per heavy atom. The van der Waals surface area contributed by atoms with Gasteiger partial charge in [0.05, 0.1) is 30.9 Å². The third-order valence-electron chi connectivity index (χ3n) is 4.89. The van der Waals surface area contributed by atoms with E-state index in [-0.39, 0.29) is 5.82 Å². The molecule has 0 saturated carbocycles. The van der Waals surface area contributed by atoms with Crippen molar-refractivity contribution in [2.24, 2.45) is 4.36 Å². The topological polar surface area (TPSA) is 55.2 Å². The number of thiazole rings is 1. The number of rotatable bonds is 5. The van der Waals surface area contributed by atoms with E-state index < -0.39 is 21.5 Å². The second-order valence-corrected chi connectivity index (χ2v) is 10.7. The van der Waals surface area contributed by atoms with Crippen molar-refractivity contribution in [3.63, 3.8) is 0 Å². The fraction of sp³-hybridized carbons (Fsp3) is 0.167. The molecule has 9 heteroatoms. The quantitative estimate of drug-likeness (QED) is 0.298. The lowest BCUT2D eigenvalue weighted by Crippen LogP contribution is -2.04. The molecule has 1 unspecified atom stereocenters. The van der Waals surface area contributed by atoms with Crippen molar-refractivity contribution < 1.29 is 17.4 Å². The minimum Gasteiger partial charge on any atom is -0.245 e. The molecule has 0 aliphatic rings. The van der Waals surface area contributed by atoms with Crippen LogP contribution in [0.25, 0.3) is 21.7 Å². The minimum absolute atomic E-state index is 0.283. The smallest absolute Gasteiger partial charge is 0.245 e. The monoisotopic (exact) mass is 487 g/mol. The first kappa shape index (κ1) is 23.1. The van der Waals surface area contributed by atoms with Gasteiger partial charge in [0.25, 0.3) is 0 Å². The highest BCUT2D eigenvalue weighted by Gasteiger charge is 2.31. The zero-order valence-electron chi connectivity index (χ0n) is 17.8. The number of aromatic nitrogens is 2. The Morgan fingerprint density at radius 2 is 1.76 bits per heavy atom. The van der Waals surface area contributed by atoms with Crippen molar-refractivity contribution >= 4 is 26.9 Å². The third-order valence-corrected chi connectivity index (χ3v) is 7.82. The Morgan fingerprint density at radius 1 is 1.00 bits per heavy atom. The van der Waals surface area contributed by atoms with Crippen LogP contribution in [0.5, 0.6) is 0 Å². The Labute approximate surface area is 194 Å². The van der Waals surface area contributed by atoms with E-state index in [1.165, 1.54) is 17.4 Å². The number of benzene rings is 2. The lowest BCUT2D eigenvalue weighted by molar-refractivity contribution is -0.137. The van der Waals surface area contributed by atoms with Gasteiger partial charge in [-0.25, -0.2) is 14.2 Å². The second-order valence-electron chi connectivity index (χ2n) is 7.33. The summed E-state index contributed by atoms with van der Waals surface area (Å²) < 4.78 is 57.3. The zero-order chi connectivity index (χ0) is 23.6. The first-order chi connectivity index (χ1) is 15.7. The molecule has 0 amide bonds. The first-order valence-corrected chi connectivity index (χ1v) is 12.8. The van der Waals surface area contributed by atoms with E-state index in [9.17, 15) is 17.4 Å². The molecule has 2 aromatic carbocycles. The summed E-state index contributed by atoms with van der Waals surface area (Å²) in [6, 6.07) is 17.5. The number of halogens is 3. The van der Waals surface area contributed by atoms with E-state index in [0.29, 0.717) is 33.0 Å². The van der Waals surface area contributed by atoms with E-state index in [4.69, 9.17) is 0 Å². The maximum atomic E-state index is 13.3. The van der Waals surface area contributed by atoms with E-state index in [1.54, 1.807) is 54.9 Å². The number of hydrogen-bond acceptors (Lipinski definition) is 5. The van der Waals surface area contributed by atoms with Gasteiger partial charge in [0.15, 0.2) is 5.82 Å². The van der Waals surface area contributed by atoms with Crippen LogP contribution in [0.1, 0.15) is 17.5 Å². The van der Waals surface area contributed by atoms with Crippen LogP contribution in [-0.2, 0) is 22.3 Å². The molecule has 4 nitrogen and oxygen atoms in total. The summed E-state index contributed by atoms with van der Waals surface area (Å²) in [4.78, 5) is 10.1. The average molecular weight is 488 g/mol. The van der Waals surface area contributed by atoms with Gasteiger partial charge >= 0.3 is 6.18 Å². The fourth-order valence-corrected chi connectivity index (χ4v) is 5.51. The highest BCUT2D eigenvalue weighted by Crippen LogP contribution is 2.40. The van der Waals surface area contributed by atoms with Gasteiger partial charge in [0.2, 0.25) is 0 Å². The first-order valence-electron chi connectivity index (χ1n) is 10.1. The van der Waals surface area contributed by atoms with Crippen molar-refractivity contribution in [2.45, 2.75) is 24.4 Å². The van der Waals surface area contributed by atoms with Crippen molar-refractivity contribution in [3.8, 4) is 21.7 Å². The van der Waals surface area contributed by atoms with E-state index in [2.05, 4.69) is 14.3 Å². The van der Waals surface area contributed by atoms with Crippen molar-refractivity contribution in [1.82, 2.24) is 9.97 Å². The van der Waals surface area contributed by atoms with E-state index in [0.717, 1.165) is 17.1 Å². The molecule has 4 aromatic rings. The highest BCUT2D eigenvalue weighted by atomic mass is 32.2. The number of nitrogens with zero attached hydrogens (tertiary/aromatic N) is 3. The lowest BCUT2D eigenvalue weighted by atomic mass is 10.0. The predicted molar refractivity (Wildman–Crippen MR) is 126 cm³/mol. The van der Waals surface area contributed by atoms with Crippen molar-refractivity contribution in [3.05, 3.63) is 83.5 Å². The summed E-state index contributed by atoms with van der Waals surface area (Å²) in [7, 11) is -2.72. The number of pyridine rings is 1. The van der Waals surface area contributed by atoms with Gasteiger partial charge in [0, 0.05) is 22.9 Å². The fourth-order valence-electron chi connectivity index (χ4n) is 3.26. The predicted octanol–water partition coefficient (Wildman–Crippen LogP) is 7.24. The summed E-state index contributed by atoms with van der Waals surface area (Å²) >= 11 is 1.41. The molecule has 170 valence electrons. The molecule has 0 aliphatic heterocycles. The largest absolute Gasteiger partial charge is 0.416 e. The molecule has 0 saturated heterocycles. The molecule has 2 heterocycles. The molecule has 0 bridgehead atoms. The number of aryl methyl sites for hydroxylation is 1. The molecule has 0 fully saturated rings. The lowest BCUT2D eigenvalue weighted by Gasteiger charge is -2.09. The molecular formula is C24H20F3N3OS2. The molecule has 33 heavy (non-hydrogen) atoms. The Kier molecular flexibility index (Phi) is 6.36. The normalized spacial score (nSPS) is 13.5. The standard InChI is InChI=1S/C24H20F3N3OS2/c1-3-21-29-22(16-8-7-9-18(14-16)24(25,26)27)23(32-21)17-12-13-28-20(15-17)30-33(2,31)19-10-5-4-6-11-19/h4-15H,3H2,1-2H3. The summed E-state index contributed by atoms with van der Waals surface area (Å²) in [6.45, 7) is 1.94. The number of hydrogen-bond donors (Lipinski definition) is 0. The Hall–Kier alpha value is -3.04. The van der Waals surface area contributed by atoms with Crippen molar-refractivity contribution in [1.29, 1.82) is 0 Å². The van der Waals surface area contributed by atoms with Crippen LogP contribution in [0.2, 0.25) is 0 Å². The third kappa shape index (κ3) is 5.15. The van der Waals surface area contributed by atoms with Gasteiger partial charge in [-0.2, -0.15) is 17.5 Å². The second kappa shape index (κ2) is 9.07. The molecule has 0 aliphatic carbocycles. The summed E-state index contributed by atoms with van der Waals surface area (Å²) in [5.41, 5.74) is 0.836.